The number of piperazine rings is 1. The van der Waals surface area contributed by atoms with Crippen molar-refractivity contribution in [2.24, 2.45) is 0 Å². The second kappa shape index (κ2) is 12.0. The number of rotatable bonds is 4. The third-order valence-corrected chi connectivity index (χ3v) is 8.56. The first-order valence-corrected chi connectivity index (χ1v) is 13.7. The number of aryl methyl sites for hydroxylation is 1. The Morgan fingerprint density at radius 1 is 1.05 bits per heavy atom. The lowest BCUT2D eigenvalue weighted by atomic mass is 9.88. The molecule has 10 heteroatoms. The van der Waals surface area contributed by atoms with Gasteiger partial charge in [0.15, 0.2) is 0 Å². The van der Waals surface area contributed by atoms with Crippen LogP contribution in [0.25, 0.3) is 0 Å². The molecule has 3 saturated heterocycles. The van der Waals surface area contributed by atoms with Crippen molar-refractivity contribution in [2.45, 2.75) is 57.3 Å². The van der Waals surface area contributed by atoms with E-state index >= 15 is 0 Å². The molecule has 0 N–H and O–H groups in total. The molecular weight excluding hydrogens is 550 g/mol. The number of likely N-dealkylation sites (tertiary alicyclic amines) is 1. The molecule has 0 aromatic heterocycles. The summed E-state index contributed by atoms with van der Waals surface area (Å²) in [7, 11) is 1.79. The van der Waals surface area contributed by atoms with Gasteiger partial charge in [-0.1, -0.05) is 29.3 Å². The summed E-state index contributed by atoms with van der Waals surface area (Å²) >= 11 is 12.3. The highest BCUT2D eigenvalue weighted by Gasteiger charge is 2.41. The van der Waals surface area contributed by atoms with E-state index in [0.717, 1.165) is 55.6 Å². The first kappa shape index (κ1) is 28.9. The minimum absolute atomic E-state index is 0. The van der Waals surface area contributed by atoms with Crippen LogP contribution in [0, 0.1) is 12.7 Å². The van der Waals surface area contributed by atoms with Crippen LogP contribution in [-0.4, -0.2) is 76.8 Å². The van der Waals surface area contributed by atoms with Crippen molar-refractivity contribution in [3.05, 3.63) is 69.0 Å². The second-order valence-corrected chi connectivity index (χ2v) is 11.5. The lowest BCUT2D eigenvalue weighted by Crippen LogP contribution is -2.57. The molecule has 38 heavy (non-hydrogen) atoms. The Labute approximate surface area is 240 Å². The number of nitrogens with zero attached hydrogens (tertiary/aromatic N) is 4. The highest BCUT2D eigenvalue weighted by Crippen LogP contribution is 2.37. The third-order valence-electron chi connectivity index (χ3n) is 8.12. The van der Waals surface area contributed by atoms with Crippen LogP contribution in [0.4, 0.5) is 9.18 Å². The summed E-state index contributed by atoms with van der Waals surface area (Å²) < 4.78 is 14.0. The molecule has 3 fully saturated rings. The average molecular weight is 584 g/mol. The van der Waals surface area contributed by atoms with Gasteiger partial charge in [-0.15, -0.1) is 12.4 Å². The fourth-order valence-corrected chi connectivity index (χ4v) is 6.87. The highest BCUT2D eigenvalue weighted by molar-refractivity contribution is 6.34. The number of carbonyl (C=O) groups excluding carboxylic acids is 2. The summed E-state index contributed by atoms with van der Waals surface area (Å²) in [6, 6.07) is 10.5. The van der Waals surface area contributed by atoms with E-state index in [4.69, 9.17) is 23.2 Å². The number of hydrogen-bond donors (Lipinski definition) is 0. The first-order chi connectivity index (χ1) is 17.7. The summed E-state index contributed by atoms with van der Waals surface area (Å²) in [5, 5.41) is 1.07. The van der Waals surface area contributed by atoms with Crippen LogP contribution in [0.5, 0.6) is 0 Å². The van der Waals surface area contributed by atoms with Gasteiger partial charge in [0.25, 0.3) is 0 Å². The molecule has 5 rings (SSSR count). The van der Waals surface area contributed by atoms with E-state index in [1.165, 1.54) is 6.07 Å². The molecule has 206 valence electrons. The van der Waals surface area contributed by atoms with Gasteiger partial charge in [-0.25, -0.2) is 9.18 Å². The molecule has 3 aliphatic rings. The Hall–Kier alpha value is -2.06. The topological polar surface area (TPSA) is 47.1 Å². The zero-order valence-electron chi connectivity index (χ0n) is 21.7. The highest BCUT2D eigenvalue weighted by atomic mass is 35.5. The molecule has 3 aliphatic heterocycles. The molecule has 0 saturated carbocycles. The number of amides is 3. The fraction of sp³-hybridized carbons (Fsp3) is 0.500. The SMILES string of the molecule is Cc1cc(F)ccc1[C@H]1C[C@@H](N2CCN3C(=O)CC[C@H]3C2)CCN1C(=O)N(C)Cc1cc(Cl)cc(Cl)c1.Cl. The van der Waals surface area contributed by atoms with E-state index in [9.17, 15) is 14.0 Å². The van der Waals surface area contributed by atoms with Gasteiger partial charge in [0, 0.05) is 68.3 Å². The van der Waals surface area contributed by atoms with Crippen LogP contribution >= 0.6 is 35.6 Å². The van der Waals surface area contributed by atoms with Gasteiger partial charge < -0.3 is 14.7 Å². The predicted octanol–water partition coefficient (Wildman–Crippen LogP) is 5.93. The van der Waals surface area contributed by atoms with Crippen LogP contribution < -0.4 is 0 Å². The van der Waals surface area contributed by atoms with Crippen molar-refractivity contribution in [1.82, 2.24) is 19.6 Å². The van der Waals surface area contributed by atoms with Crippen molar-refractivity contribution in [3.8, 4) is 0 Å². The first-order valence-electron chi connectivity index (χ1n) is 13.0. The van der Waals surface area contributed by atoms with Gasteiger partial charge in [0.1, 0.15) is 5.82 Å². The Morgan fingerprint density at radius 3 is 2.50 bits per heavy atom. The zero-order valence-corrected chi connectivity index (χ0v) is 24.0. The van der Waals surface area contributed by atoms with E-state index in [1.807, 2.05) is 34.9 Å². The monoisotopic (exact) mass is 582 g/mol. The van der Waals surface area contributed by atoms with Crippen LogP contribution in [0.2, 0.25) is 10.0 Å². The molecule has 0 radical (unpaired) electrons. The van der Waals surface area contributed by atoms with Gasteiger partial charge in [-0.2, -0.15) is 0 Å². The minimum atomic E-state index is -0.275. The normalized spacial score (nSPS) is 23.7. The molecule has 3 atom stereocenters. The van der Waals surface area contributed by atoms with Crippen molar-refractivity contribution in [2.75, 3.05) is 33.2 Å². The van der Waals surface area contributed by atoms with Crippen LogP contribution in [0.3, 0.4) is 0 Å². The largest absolute Gasteiger partial charge is 0.337 e. The minimum Gasteiger partial charge on any atom is -0.337 e. The lowest BCUT2D eigenvalue weighted by Gasteiger charge is -2.48. The molecule has 0 spiro atoms. The van der Waals surface area contributed by atoms with Gasteiger partial charge in [0.05, 0.1) is 6.04 Å². The van der Waals surface area contributed by atoms with Gasteiger partial charge in [-0.05, 0) is 73.2 Å². The van der Waals surface area contributed by atoms with E-state index in [-0.39, 0.29) is 36.2 Å². The number of carbonyl (C=O) groups is 2. The standard InChI is InChI=1S/C28H33Cl2FN4O2.ClH/c1-18-11-22(31)3-5-25(18)26-15-23(33-9-10-34-24(17-33)4-6-27(34)36)7-8-35(26)28(37)32(2)16-19-12-20(29)14-21(30)13-19;/h3,5,11-14,23-24,26H,4,6-10,15-17H2,1-2H3;1H/t23-,24-,26+;/m0./s1. The molecule has 3 heterocycles. The summed E-state index contributed by atoms with van der Waals surface area (Å²) in [5.74, 6) is -0.00244. The number of halogens is 4. The van der Waals surface area contributed by atoms with Gasteiger partial charge in [-0.3, -0.25) is 9.69 Å². The Morgan fingerprint density at radius 2 is 1.79 bits per heavy atom. The van der Waals surface area contributed by atoms with Crippen molar-refractivity contribution in [1.29, 1.82) is 0 Å². The predicted molar refractivity (Wildman–Crippen MR) is 150 cm³/mol. The van der Waals surface area contributed by atoms with E-state index in [0.29, 0.717) is 41.6 Å². The molecule has 0 bridgehead atoms. The number of hydrogen-bond acceptors (Lipinski definition) is 3. The maximum Gasteiger partial charge on any atom is 0.320 e. The number of piperidine rings is 1. The van der Waals surface area contributed by atoms with Gasteiger partial charge in [0.2, 0.25) is 5.91 Å². The smallest absolute Gasteiger partial charge is 0.320 e. The summed E-state index contributed by atoms with van der Waals surface area (Å²) in [6.45, 7) is 5.40. The summed E-state index contributed by atoms with van der Waals surface area (Å²) in [6.07, 6.45) is 3.20. The lowest BCUT2D eigenvalue weighted by molar-refractivity contribution is -0.131. The summed E-state index contributed by atoms with van der Waals surface area (Å²) in [4.78, 5) is 34.1. The molecule has 0 unspecified atom stereocenters. The van der Waals surface area contributed by atoms with Crippen LogP contribution in [0.1, 0.15) is 48.4 Å². The van der Waals surface area contributed by atoms with E-state index in [1.54, 1.807) is 24.1 Å². The Kier molecular flexibility index (Phi) is 9.13. The molecule has 3 amide bonds. The molecule has 0 aliphatic carbocycles. The van der Waals surface area contributed by atoms with E-state index < -0.39 is 0 Å². The van der Waals surface area contributed by atoms with Crippen molar-refractivity contribution < 1.29 is 14.0 Å². The van der Waals surface area contributed by atoms with E-state index in [2.05, 4.69) is 4.90 Å². The fourth-order valence-electron chi connectivity index (χ4n) is 6.30. The Bertz CT molecular complexity index is 1180. The number of urea groups is 1. The van der Waals surface area contributed by atoms with Crippen molar-refractivity contribution >= 4 is 47.5 Å². The molecule has 2 aromatic carbocycles. The van der Waals surface area contributed by atoms with Crippen LogP contribution in [-0.2, 0) is 11.3 Å². The van der Waals surface area contributed by atoms with Crippen LogP contribution in [0.15, 0.2) is 36.4 Å². The number of benzene rings is 2. The Balaban J connectivity index is 0.00000336. The third kappa shape index (κ3) is 6.06. The maximum atomic E-state index is 14.0. The van der Waals surface area contributed by atoms with Gasteiger partial charge >= 0.3 is 6.03 Å². The summed E-state index contributed by atoms with van der Waals surface area (Å²) in [5.41, 5.74) is 2.69. The van der Waals surface area contributed by atoms with Crippen molar-refractivity contribution in [3.63, 3.8) is 0 Å². The number of fused-ring (bicyclic) bond motifs is 1. The maximum absolute atomic E-state index is 14.0. The second-order valence-electron chi connectivity index (χ2n) is 10.6. The molecule has 6 nitrogen and oxygen atoms in total. The average Bonchev–Trinajstić information content (AvgIpc) is 3.22. The molecule has 2 aromatic rings. The molecular formula is C28H34Cl3FN4O2. The zero-order chi connectivity index (χ0) is 26.3. The quantitative estimate of drug-likeness (QED) is 0.449.